The minimum atomic E-state index is -0.230. The molecule has 32 heavy (non-hydrogen) atoms. The van der Waals surface area contributed by atoms with Gasteiger partial charge in [-0.15, -0.1) is 0 Å². The Morgan fingerprint density at radius 1 is 0.844 bits per heavy atom. The van der Waals surface area contributed by atoms with E-state index in [1.54, 1.807) is 23.3 Å². The van der Waals surface area contributed by atoms with Gasteiger partial charge in [-0.3, -0.25) is 14.3 Å². The second-order valence-corrected chi connectivity index (χ2v) is 7.18. The van der Waals surface area contributed by atoms with Crippen LogP contribution in [-0.4, -0.2) is 35.4 Å². The van der Waals surface area contributed by atoms with Crippen LogP contribution in [0.15, 0.2) is 95.3 Å². The van der Waals surface area contributed by atoms with Crippen molar-refractivity contribution in [2.24, 2.45) is 5.10 Å². The maximum absolute atomic E-state index is 13.5. The predicted molar refractivity (Wildman–Crippen MR) is 123 cm³/mol. The fourth-order valence-corrected chi connectivity index (χ4v) is 3.68. The number of pyridine rings is 1. The molecule has 0 aliphatic carbocycles. The van der Waals surface area contributed by atoms with Gasteiger partial charge in [0.2, 0.25) is 0 Å². The molecule has 4 aromatic heterocycles. The van der Waals surface area contributed by atoms with Crippen molar-refractivity contribution >= 4 is 39.4 Å². The zero-order valence-electron chi connectivity index (χ0n) is 16.7. The van der Waals surface area contributed by atoms with E-state index in [1.165, 1.54) is 10.9 Å². The number of fused-ring (bicyclic) bond motifs is 4. The van der Waals surface area contributed by atoms with E-state index < -0.39 is 0 Å². The first kappa shape index (κ1) is 18.1. The first-order valence-electron chi connectivity index (χ1n) is 9.98. The first-order chi connectivity index (χ1) is 15.8. The molecule has 2 aromatic carbocycles. The van der Waals surface area contributed by atoms with Crippen LogP contribution in [0.25, 0.3) is 38.9 Å². The molecule has 0 aliphatic rings. The van der Waals surface area contributed by atoms with E-state index in [9.17, 15) is 4.79 Å². The summed E-state index contributed by atoms with van der Waals surface area (Å²) in [5.74, 6) is 0. The van der Waals surface area contributed by atoms with E-state index in [-0.39, 0.29) is 5.56 Å². The number of para-hydroxylation sites is 3. The van der Waals surface area contributed by atoms with Gasteiger partial charge in [0.25, 0.3) is 5.56 Å². The second kappa shape index (κ2) is 7.21. The average molecular weight is 417 g/mol. The van der Waals surface area contributed by atoms with E-state index in [1.807, 2.05) is 66.7 Å². The molecule has 0 unspecified atom stereocenters. The fourth-order valence-electron chi connectivity index (χ4n) is 3.68. The number of nitrogens with zero attached hydrogens (tertiary/aromatic N) is 7. The van der Waals surface area contributed by atoms with Crippen molar-refractivity contribution in [3.8, 4) is 5.69 Å². The average Bonchev–Trinajstić information content (AvgIpc) is 3.16. The van der Waals surface area contributed by atoms with Crippen molar-refractivity contribution in [2.45, 2.75) is 0 Å². The lowest BCUT2D eigenvalue weighted by molar-refractivity contribution is 0.906. The summed E-state index contributed by atoms with van der Waals surface area (Å²) in [7, 11) is 0. The molecule has 0 amide bonds. The van der Waals surface area contributed by atoms with Crippen molar-refractivity contribution in [1.82, 2.24) is 29.2 Å². The predicted octanol–water partition coefficient (Wildman–Crippen LogP) is 3.56. The monoisotopic (exact) mass is 417 g/mol. The Morgan fingerprint density at radius 2 is 1.62 bits per heavy atom. The van der Waals surface area contributed by atoms with Gasteiger partial charge in [-0.2, -0.15) is 9.78 Å². The third kappa shape index (κ3) is 2.85. The van der Waals surface area contributed by atoms with Gasteiger partial charge in [-0.1, -0.05) is 36.4 Å². The normalized spacial score (nSPS) is 11.8. The summed E-state index contributed by atoms with van der Waals surface area (Å²) in [5.41, 5.74) is 4.04. The number of aromatic nitrogens is 6. The molecule has 0 radical (unpaired) electrons. The van der Waals surface area contributed by atoms with Crippen molar-refractivity contribution in [3.63, 3.8) is 0 Å². The molecule has 0 fully saturated rings. The van der Waals surface area contributed by atoms with Gasteiger partial charge >= 0.3 is 0 Å². The minimum absolute atomic E-state index is 0.230. The highest BCUT2D eigenvalue weighted by atomic mass is 16.1. The zero-order chi connectivity index (χ0) is 21.5. The minimum Gasteiger partial charge on any atom is -0.268 e. The lowest BCUT2D eigenvalue weighted by atomic mass is 10.3. The molecular formula is C24H15N7O. The van der Waals surface area contributed by atoms with Crippen LogP contribution in [-0.2, 0) is 0 Å². The Morgan fingerprint density at radius 3 is 2.41 bits per heavy atom. The van der Waals surface area contributed by atoms with Crippen LogP contribution in [0.2, 0.25) is 0 Å². The molecule has 0 saturated heterocycles. The molecule has 6 aromatic rings. The van der Waals surface area contributed by atoms with Gasteiger partial charge in [0.1, 0.15) is 17.2 Å². The van der Waals surface area contributed by atoms with Crippen LogP contribution in [0.3, 0.4) is 0 Å². The molecule has 152 valence electrons. The Labute approximate surface area is 181 Å². The second-order valence-electron chi connectivity index (χ2n) is 7.18. The molecule has 0 N–H and O–H groups in total. The van der Waals surface area contributed by atoms with Crippen molar-refractivity contribution in [1.29, 1.82) is 0 Å². The number of hydrogen-bond donors (Lipinski definition) is 0. The summed E-state index contributed by atoms with van der Waals surface area (Å²) in [6, 6.07) is 20.6. The maximum Gasteiger partial charge on any atom is 0.269 e. The molecule has 0 aliphatic heterocycles. The lowest BCUT2D eigenvalue weighted by Crippen LogP contribution is -2.18. The summed E-state index contributed by atoms with van der Waals surface area (Å²) in [4.78, 5) is 31.7. The molecular weight excluding hydrogens is 402 g/mol. The molecule has 0 spiro atoms. The molecule has 0 atom stereocenters. The van der Waals surface area contributed by atoms with Gasteiger partial charge in [-0.05, 0) is 30.3 Å². The van der Waals surface area contributed by atoms with Crippen molar-refractivity contribution < 1.29 is 0 Å². The summed E-state index contributed by atoms with van der Waals surface area (Å²) >= 11 is 0. The van der Waals surface area contributed by atoms with Crippen LogP contribution in [0.5, 0.6) is 0 Å². The van der Waals surface area contributed by atoms with Crippen molar-refractivity contribution in [2.75, 3.05) is 0 Å². The van der Waals surface area contributed by atoms with Crippen LogP contribution in [0.1, 0.15) is 5.56 Å². The maximum atomic E-state index is 13.5. The van der Waals surface area contributed by atoms with Crippen LogP contribution < -0.4 is 5.56 Å². The highest BCUT2D eigenvalue weighted by molar-refractivity contribution is 6.05. The molecule has 4 heterocycles. The highest BCUT2D eigenvalue weighted by Crippen LogP contribution is 2.25. The third-order valence-corrected chi connectivity index (χ3v) is 5.18. The largest absolute Gasteiger partial charge is 0.269 e. The molecule has 0 bridgehead atoms. The van der Waals surface area contributed by atoms with E-state index >= 15 is 0 Å². The molecule has 8 nitrogen and oxygen atoms in total. The quantitative estimate of drug-likeness (QED) is 0.411. The standard InChI is InChI=1S/C24H15N7O/c32-24-20-21-23(29-19-11-5-4-10-18(19)28-21)31(27-14-16-7-6-12-25-13-16)22(20)26-15-30(24)17-8-2-1-3-9-17/h1-15H/b27-14+. The van der Waals surface area contributed by atoms with Gasteiger partial charge in [0, 0.05) is 18.0 Å². The van der Waals surface area contributed by atoms with Gasteiger partial charge in [0.05, 0.1) is 22.9 Å². The third-order valence-electron chi connectivity index (χ3n) is 5.18. The summed E-state index contributed by atoms with van der Waals surface area (Å²) in [6.07, 6.45) is 6.57. The van der Waals surface area contributed by atoms with E-state index in [0.717, 1.165) is 11.3 Å². The molecule has 6 rings (SSSR count). The first-order valence-corrected chi connectivity index (χ1v) is 9.98. The summed E-state index contributed by atoms with van der Waals surface area (Å²) in [6.45, 7) is 0. The lowest BCUT2D eigenvalue weighted by Gasteiger charge is -2.04. The number of rotatable bonds is 3. The Balaban J connectivity index is 1.70. The fraction of sp³-hybridized carbons (Fsp3) is 0. The Bertz CT molecular complexity index is 1690. The van der Waals surface area contributed by atoms with Gasteiger partial charge < -0.3 is 0 Å². The summed E-state index contributed by atoms with van der Waals surface area (Å²) < 4.78 is 3.07. The Kier molecular flexibility index (Phi) is 4.07. The topological polar surface area (TPSA) is 90.8 Å². The smallest absolute Gasteiger partial charge is 0.268 e. The van der Waals surface area contributed by atoms with E-state index in [4.69, 9.17) is 9.97 Å². The van der Waals surface area contributed by atoms with Crippen LogP contribution in [0, 0.1) is 0 Å². The van der Waals surface area contributed by atoms with Crippen LogP contribution in [0.4, 0.5) is 0 Å². The Hall–Kier alpha value is -4.72. The molecule has 8 heteroatoms. The summed E-state index contributed by atoms with van der Waals surface area (Å²) in [5, 5.41) is 4.95. The molecule has 0 saturated carbocycles. The zero-order valence-corrected chi connectivity index (χ0v) is 16.7. The van der Waals surface area contributed by atoms with Gasteiger partial charge in [0.15, 0.2) is 11.3 Å². The highest BCUT2D eigenvalue weighted by Gasteiger charge is 2.20. The van der Waals surface area contributed by atoms with Gasteiger partial charge in [-0.25, -0.2) is 15.0 Å². The van der Waals surface area contributed by atoms with Crippen molar-refractivity contribution in [3.05, 3.63) is 101 Å². The van der Waals surface area contributed by atoms with Crippen LogP contribution >= 0.6 is 0 Å². The van der Waals surface area contributed by atoms with E-state index in [2.05, 4.69) is 15.1 Å². The number of hydrogen-bond acceptors (Lipinski definition) is 6. The van der Waals surface area contributed by atoms with E-state index in [0.29, 0.717) is 33.2 Å². The number of benzene rings is 2. The SMILES string of the molecule is O=c1c2c3nc4ccccc4nc3n(/N=C/c3cccnc3)c2ncn1-c1ccccc1.